The molecule has 0 unspecified atom stereocenters. The molecule has 0 aromatic carbocycles. The average Bonchev–Trinajstić information content (AvgIpc) is 2.62. The molecule has 0 aromatic heterocycles. The number of carbonyl (C=O) groups is 1. The van der Waals surface area contributed by atoms with Crippen molar-refractivity contribution >= 4 is 5.91 Å². The molecule has 154 valence electrons. The molecule has 4 heteroatoms. The van der Waals surface area contributed by atoms with Crippen molar-refractivity contribution in [3.63, 3.8) is 0 Å². The second-order valence-corrected chi connectivity index (χ2v) is 6.96. The summed E-state index contributed by atoms with van der Waals surface area (Å²) in [5.41, 5.74) is 5.50. The molecule has 0 bridgehead atoms. The Bertz CT molecular complexity index is 349. The van der Waals surface area contributed by atoms with Crippen LogP contribution in [0.4, 0.5) is 0 Å². The monoisotopic (exact) mass is 369 g/mol. The van der Waals surface area contributed by atoms with Crippen LogP contribution in [-0.2, 0) is 14.3 Å². The maximum absolute atomic E-state index is 11.7. The molecule has 0 spiro atoms. The minimum atomic E-state index is -1.24. The molecule has 0 saturated carbocycles. The molecule has 0 saturated heterocycles. The van der Waals surface area contributed by atoms with Gasteiger partial charge < -0.3 is 15.2 Å². The van der Waals surface area contributed by atoms with Gasteiger partial charge in [-0.1, -0.05) is 64.0 Å². The van der Waals surface area contributed by atoms with Gasteiger partial charge in [0.2, 0.25) is 5.79 Å². The number of carbonyl (C=O) groups excluding carboxylic acids is 1. The molecule has 0 radical (unpaired) electrons. The largest absolute Gasteiger partial charge is 0.365 e. The lowest BCUT2D eigenvalue weighted by Gasteiger charge is -2.29. The van der Waals surface area contributed by atoms with Gasteiger partial charge in [-0.15, -0.1) is 0 Å². The van der Waals surface area contributed by atoms with Crippen molar-refractivity contribution in [1.29, 1.82) is 0 Å². The molecule has 26 heavy (non-hydrogen) atoms. The zero-order chi connectivity index (χ0) is 19.5. The molecule has 0 aliphatic rings. The first kappa shape index (κ1) is 25.1. The number of rotatable bonds is 19. The van der Waals surface area contributed by atoms with Gasteiger partial charge in [-0.2, -0.15) is 0 Å². The average molecular weight is 370 g/mol. The Hall–Kier alpha value is -0.870. The summed E-state index contributed by atoms with van der Waals surface area (Å²) in [6.45, 7) is 6.82. The fourth-order valence-electron chi connectivity index (χ4n) is 3.17. The number of hydrogen-bond acceptors (Lipinski definition) is 3. The van der Waals surface area contributed by atoms with Crippen LogP contribution in [-0.4, -0.2) is 24.9 Å². The molecule has 0 aliphatic carbocycles. The summed E-state index contributed by atoms with van der Waals surface area (Å²) in [4.78, 5) is 11.7. The number of allylic oxidation sites excluding steroid dienone is 2. The number of nitrogens with two attached hydrogens (primary N) is 1. The minimum absolute atomic E-state index is 0.423. The minimum Gasteiger partial charge on any atom is -0.365 e. The third-order valence-electron chi connectivity index (χ3n) is 4.65. The van der Waals surface area contributed by atoms with E-state index in [2.05, 4.69) is 19.1 Å². The van der Waals surface area contributed by atoms with Crippen molar-refractivity contribution in [2.75, 3.05) is 13.2 Å². The van der Waals surface area contributed by atoms with E-state index in [4.69, 9.17) is 15.2 Å². The smallest absolute Gasteiger partial charge is 0.277 e. The first-order valence-corrected chi connectivity index (χ1v) is 10.9. The quantitative estimate of drug-likeness (QED) is 0.175. The summed E-state index contributed by atoms with van der Waals surface area (Å²) in [6, 6.07) is 0. The number of unbranched alkanes of at least 4 members (excludes halogenated alkanes) is 10. The lowest BCUT2D eigenvalue weighted by atomic mass is 10.0. The van der Waals surface area contributed by atoms with Crippen LogP contribution in [0.25, 0.3) is 0 Å². The number of primary amides is 1. The Morgan fingerprint density at radius 2 is 1.23 bits per heavy atom. The molecule has 0 atom stereocenters. The fraction of sp³-hybridized carbons (Fsp3) is 0.864. The third-order valence-corrected chi connectivity index (χ3v) is 4.65. The standard InChI is InChI=1S/C22H43NO3/c1-4-7-8-9-10-11-12-13-14-15-16-17-18-19-20-22(21(23)24,25-5-2)26-6-3/h13-14H,4-12,15-20H2,1-3H3,(H2,23,24)/b14-13-. The Morgan fingerprint density at radius 1 is 0.769 bits per heavy atom. The molecule has 2 N–H and O–H groups in total. The maximum atomic E-state index is 11.7. The van der Waals surface area contributed by atoms with Gasteiger partial charge in [0, 0.05) is 19.6 Å². The molecular formula is C22H43NO3. The summed E-state index contributed by atoms with van der Waals surface area (Å²) in [5.74, 6) is -1.75. The topological polar surface area (TPSA) is 61.6 Å². The summed E-state index contributed by atoms with van der Waals surface area (Å²) in [7, 11) is 0. The van der Waals surface area contributed by atoms with Gasteiger partial charge in [-0.05, 0) is 46.0 Å². The van der Waals surface area contributed by atoms with E-state index >= 15 is 0 Å². The highest BCUT2D eigenvalue weighted by atomic mass is 16.7. The molecule has 0 aromatic rings. The Kier molecular flexibility index (Phi) is 17.0. The molecule has 0 fully saturated rings. The van der Waals surface area contributed by atoms with E-state index in [1.807, 2.05) is 13.8 Å². The van der Waals surface area contributed by atoms with Crippen LogP contribution in [0.15, 0.2) is 12.2 Å². The van der Waals surface area contributed by atoms with Gasteiger partial charge >= 0.3 is 0 Å². The lowest BCUT2D eigenvalue weighted by Crippen LogP contribution is -2.48. The predicted octanol–water partition coefficient (Wildman–Crippen LogP) is 5.89. The number of hydrogen-bond donors (Lipinski definition) is 1. The summed E-state index contributed by atoms with van der Waals surface area (Å²) >= 11 is 0. The van der Waals surface area contributed by atoms with Crippen LogP contribution >= 0.6 is 0 Å². The first-order chi connectivity index (χ1) is 12.6. The van der Waals surface area contributed by atoms with Crippen molar-refractivity contribution in [3.8, 4) is 0 Å². The Balaban J connectivity index is 3.69. The highest BCUT2D eigenvalue weighted by Crippen LogP contribution is 2.22. The summed E-state index contributed by atoms with van der Waals surface area (Å²) < 4.78 is 11.1. The van der Waals surface area contributed by atoms with Gasteiger partial charge in [-0.25, -0.2) is 0 Å². The molecular weight excluding hydrogens is 326 g/mol. The van der Waals surface area contributed by atoms with Crippen molar-refractivity contribution < 1.29 is 14.3 Å². The second-order valence-electron chi connectivity index (χ2n) is 6.96. The summed E-state index contributed by atoms with van der Waals surface area (Å²) in [6.07, 6.45) is 20.0. The molecule has 0 heterocycles. The first-order valence-electron chi connectivity index (χ1n) is 10.9. The van der Waals surface area contributed by atoms with Crippen molar-refractivity contribution in [2.24, 2.45) is 5.73 Å². The van der Waals surface area contributed by atoms with E-state index in [0.717, 1.165) is 25.7 Å². The second kappa shape index (κ2) is 17.5. The lowest BCUT2D eigenvalue weighted by molar-refractivity contribution is -0.228. The van der Waals surface area contributed by atoms with E-state index in [0.29, 0.717) is 19.6 Å². The van der Waals surface area contributed by atoms with Crippen molar-refractivity contribution in [3.05, 3.63) is 12.2 Å². The number of ether oxygens (including phenoxy) is 2. The van der Waals surface area contributed by atoms with E-state index in [1.54, 1.807) is 0 Å². The Labute approximate surface area is 161 Å². The van der Waals surface area contributed by atoms with Crippen molar-refractivity contribution in [1.82, 2.24) is 0 Å². The van der Waals surface area contributed by atoms with Crippen LogP contribution in [0.5, 0.6) is 0 Å². The molecule has 1 amide bonds. The van der Waals surface area contributed by atoms with Gasteiger partial charge in [0.25, 0.3) is 5.91 Å². The van der Waals surface area contributed by atoms with Crippen LogP contribution in [0, 0.1) is 0 Å². The fourth-order valence-corrected chi connectivity index (χ4v) is 3.17. The SMILES string of the molecule is CCCCCCCC/C=C\CCCCCCC(OCC)(OCC)C(N)=O. The van der Waals surface area contributed by atoms with Gasteiger partial charge in [-0.3, -0.25) is 4.79 Å². The zero-order valence-corrected chi connectivity index (χ0v) is 17.6. The predicted molar refractivity (Wildman–Crippen MR) is 110 cm³/mol. The van der Waals surface area contributed by atoms with Crippen LogP contribution in [0.3, 0.4) is 0 Å². The van der Waals surface area contributed by atoms with Crippen molar-refractivity contribution in [2.45, 2.75) is 110 Å². The highest BCUT2D eigenvalue weighted by molar-refractivity contribution is 5.81. The number of amides is 1. The van der Waals surface area contributed by atoms with Crippen LogP contribution in [0.2, 0.25) is 0 Å². The zero-order valence-electron chi connectivity index (χ0n) is 17.6. The summed E-state index contributed by atoms with van der Waals surface area (Å²) in [5, 5.41) is 0. The molecule has 0 aliphatic heterocycles. The molecule has 0 rings (SSSR count). The van der Waals surface area contributed by atoms with E-state index in [-0.39, 0.29) is 0 Å². The highest BCUT2D eigenvalue weighted by Gasteiger charge is 2.37. The van der Waals surface area contributed by atoms with Crippen LogP contribution in [0.1, 0.15) is 104 Å². The Morgan fingerprint density at radius 3 is 1.69 bits per heavy atom. The maximum Gasteiger partial charge on any atom is 0.277 e. The van der Waals surface area contributed by atoms with Gasteiger partial charge in [0.15, 0.2) is 0 Å². The van der Waals surface area contributed by atoms with E-state index in [1.165, 1.54) is 51.4 Å². The van der Waals surface area contributed by atoms with Crippen LogP contribution < -0.4 is 5.73 Å². The van der Waals surface area contributed by atoms with E-state index < -0.39 is 11.7 Å². The van der Waals surface area contributed by atoms with Gasteiger partial charge in [0.05, 0.1) is 0 Å². The van der Waals surface area contributed by atoms with Gasteiger partial charge in [0.1, 0.15) is 0 Å². The normalized spacial score (nSPS) is 12.1. The molecule has 4 nitrogen and oxygen atoms in total. The van der Waals surface area contributed by atoms with E-state index in [9.17, 15) is 4.79 Å². The third kappa shape index (κ3) is 12.5.